The molecular weight excluding hydrogens is 290 g/mol. The van der Waals surface area contributed by atoms with Gasteiger partial charge >= 0.3 is 0 Å². The fourth-order valence-electron chi connectivity index (χ4n) is 2.98. The van der Waals surface area contributed by atoms with Gasteiger partial charge in [0, 0.05) is 38.6 Å². The molecule has 0 aromatic carbocycles. The van der Waals surface area contributed by atoms with Gasteiger partial charge in [0.25, 0.3) is 0 Å². The molecule has 2 fully saturated rings. The Kier molecular flexibility index (Phi) is 4.54. The summed E-state index contributed by atoms with van der Waals surface area (Å²) in [4.78, 5) is 4.11. The summed E-state index contributed by atoms with van der Waals surface area (Å²) in [6.45, 7) is 2.47. The second-order valence-electron chi connectivity index (χ2n) is 5.53. The quantitative estimate of drug-likeness (QED) is 0.878. The molecule has 2 saturated heterocycles. The highest BCUT2D eigenvalue weighted by Gasteiger charge is 2.35. The summed E-state index contributed by atoms with van der Waals surface area (Å²) in [7, 11) is -3.32. The van der Waals surface area contributed by atoms with Crippen LogP contribution >= 0.6 is 0 Å². The van der Waals surface area contributed by atoms with Crippen LogP contribution in [0.1, 0.15) is 24.4 Å². The van der Waals surface area contributed by atoms with Crippen LogP contribution in [0.5, 0.6) is 0 Å². The maximum atomic E-state index is 12.7. The topological polar surface area (TPSA) is 71.5 Å². The van der Waals surface area contributed by atoms with Crippen molar-refractivity contribution in [1.82, 2.24) is 14.6 Å². The van der Waals surface area contributed by atoms with Gasteiger partial charge in [-0.1, -0.05) is 6.07 Å². The molecule has 0 bridgehead atoms. The van der Waals surface area contributed by atoms with E-state index in [9.17, 15) is 8.42 Å². The van der Waals surface area contributed by atoms with Crippen LogP contribution in [0.3, 0.4) is 0 Å². The van der Waals surface area contributed by atoms with Gasteiger partial charge in [0.05, 0.1) is 17.9 Å². The molecule has 2 atom stereocenters. The maximum absolute atomic E-state index is 12.7. The zero-order valence-corrected chi connectivity index (χ0v) is 12.8. The van der Waals surface area contributed by atoms with Gasteiger partial charge in [0.15, 0.2) is 0 Å². The van der Waals surface area contributed by atoms with E-state index in [1.54, 1.807) is 16.7 Å². The van der Waals surface area contributed by atoms with Crippen LogP contribution < -0.4 is 5.32 Å². The second-order valence-corrected chi connectivity index (χ2v) is 7.50. The van der Waals surface area contributed by atoms with E-state index in [0.717, 1.165) is 18.4 Å². The van der Waals surface area contributed by atoms with Gasteiger partial charge in [-0.3, -0.25) is 4.98 Å². The number of nitrogens with zero attached hydrogens (tertiary/aromatic N) is 2. The largest absolute Gasteiger partial charge is 0.377 e. The van der Waals surface area contributed by atoms with Gasteiger partial charge in [-0.05, 0) is 24.5 Å². The molecule has 3 heterocycles. The predicted octanol–water partition coefficient (Wildman–Crippen LogP) is 0.537. The second kappa shape index (κ2) is 6.39. The summed E-state index contributed by atoms with van der Waals surface area (Å²) in [5.74, 6) is 0.0871. The summed E-state index contributed by atoms with van der Waals surface area (Å²) in [6.07, 6.45) is 5.08. The molecule has 21 heavy (non-hydrogen) atoms. The van der Waals surface area contributed by atoms with E-state index in [4.69, 9.17) is 4.74 Å². The van der Waals surface area contributed by atoms with Gasteiger partial charge < -0.3 is 10.1 Å². The molecule has 6 nitrogen and oxygen atoms in total. The van der Waals surface area contributed by atoms with Gasteiger partial charge in [-0.15, -0.1) is 0 Å². The first kappa shape index (κ1) is 14.9. The molecule has 0 radical (unpaired) electrons. The molecule has 7 heteroatoms. The van der Waals surface area contributed by atoms with E-state index in [0.29, 0.717) is 26.2 Å². The van der Waals surface area contributed by atoms with Crippen molar-refractivity contribution in [3.8, 4) is 0 Å². The molecule has 116 valence electrons. The highest BCUT2D eigenvalue weighted by atomic mass is 32.2. The zero-order valence-electron chi connectivity index (χ0n) is 11.9. The Morgan fingerprint density at radius 2 is 2.38 bits per heavy atom. The van der Waals surface area contributed by atoms with Crippen molar-refractivity contribution < 1.29 is 13.2 Å². The number of hydrogen-bond donors (Lipinski definition) is 1. The number of nitrogens with one attached hydrogen (secondary N) is 1. The number of ether oxygens (including phenoxy) is 1. The minimum Gasteiger partial charge on any atom is -0.377 e. The van der Waals surface area contributed by atoms with Gasteiger partial charge in [-0.2, -0.15) is 4.31 Å². The number of sulfonamides is 1. The predicted molar refractivity (Wildman–Crippen MR) is 79.3 cm³/mol. The van der Waals surface area contributed by atoms with Crippen LogP contribution in [0.15, 0.2) is 24.5 Å². The Morgan fingerprint density at radius 3 is 3.10 bits per heavy atom. The van der Waals surface area contributed by atoms with Gasteiger partial charge in [-0.25, -0.2) is 8.42 Å². The Balaban J connectivity index is 1.80. The van der Waals surface area contributed by atoms with Crippen molar-refractivity contribution in [2.24, 2.45) is 0 Å². The zero-order chi connectivity index (χ0) is 14.7. The summed E-state index contributed by atoms with van der Waals surface area (Å²) >= 11 is 0. The molecule has 0 saturated carbocycles. The molecule has 1 N–H and O–H groups in total. The molecule has 2 aliphatic rings. The molecule has 0 spiro atoms. The summed E-state index contributed by atoms with van der Waals surface area (Å²) < 4.78 is 32.5. The van der Waals surface area contributed by atoms with Crippen LogP contribution in [0.25, 0.3) is 0 Å². The summed E-state index contributed by atoms with van der Waals surface area (Å²) in [5.41, 5.74) is 0.931. The first-order valence-electron chi connectivity index (χ1n) is 7.38. The van der Waals surface area contributed by atoms with Gasteiger partial charge in [0.2, 0.25) is 10.0 Å². The lowest BCUT2D eigenvalue weighted by atomic mass is 10.1. The molecule has 2 unspecified atom stereocenters. The number of piperazine rings is 1. The molecular formula is C14H21N3O3S. The van der Waals surface area contributed by atoms with Gasteiger partial charge in [0.1, 0.15) is 0 Å². The van der Waals surface area contributed by atoms with E-state index < -0.39 is 10.0 Å². The third kappa shape index (κ3) is 3.42. The third-order valence-corrected chi connectivity index (χ3v) is 5.99. The molecule has 3 rings (SSSR count). The summed E-state index contributed by atoms with van der Waals surface area (Å²) in [5, 5.41) is 3.26. The molecule has 0 aliphatic carbocycles. The number of hydrogen-bond acceptors (Lipinski definition) is 5. The fourth-order valence-corrected chi connectivity index (χ4v) is 4.86. The maximum Gasteiger partial charge on any atom is 0.217 e. The van der Waals surface area contributed by atoms with Crippen molar-refractivity contribution in [3.63, 3.8) is 0 Å². The Hall–Kier alpha value is -1.02. The minimum absolute atomic E-state index is 0.0871. The number of rotatable bonds is 4. The van der Waals surface area contributed by atoms with E-state index in [2.05, 4.69) is 10.3 Å². The monoisotopic (exact) mass is 311 g/mol. The highest BCUT2D eigenvalue weighted by Crippen LogP contribution is 2.26. The van der Waals surface area contributed by atoms with Crippen LogP contribution in [-0.2, 0) is 14.8 Å². The van der Waals surface area contributed by atoms with Crippen molar-refractivity contribution in [3.05, 3.63) is 30.1 Å². The van der Waals surface area contributed by atoms with Crippen molar-refractivity contribution in [1.29, 1.82) is 0 Å². The van der Waals surface area contributed by atoms with Crippen LogP contribution in [-0.4, -0.2) is 55.8 Å². The third-order valence-electron chi connectivity index (χ3n) is 4.04. The fraction of sp³-hybridized carbons (Fsp3) is 0.643. The van der Waals surface area contributed by atoms with Crippen LogP contribution in [0, 0.1) is 0 Å². The molecule has 2 aliphatic heterocycles. The van der Waals surface area contributed by atoms with Crippen molar-refractivity contribution in [2.45, 2.75) is 25.0 Å². The Bertz CT molecular complexity index is 558. The number of pyridine rings is 1. The lowest BCUT2D eigenvalue weighted by molar-refractivity contribution is 0.125. The first-order chi connectivity index (χ1) is 10.2. The van der Waals surface area contributed by atoms with Crippen molar-refractivity contribution >= 4 is 10.0 Å². The van der Waals surface area contributed by atoms with E-state index in [1.807, 2.05) is 12.1 Å². The van der Waals surface area contributed by atoms with Crippen LogP contribution in [0.2, 0.25) is 0 Å². The smallest absolute Gasteiger partial charge is 0.217 e. The van der Waals surface area contributed by atoms with Crippen LogP contribution in [0.4, 0.5) is 0 Å². The lowest BCUT2D eigenvalue weighted by Crippen LogP contribution is -2.50. The summed E-state index contributed by atoms with van der Waals surface area (Å²) in [6, 6.07) is 3.59. The molecule has 1 aromatic rings. The molecule has 1 aromatic heterocycles. The van der Waals surface area contributed by atoms with E-state index in [-0.39, 0.29) is 17.9 Å². The average Bonchev–Trinajstić information content (AvgIpc) is 3.00. The number of aromatic nitrogens is 1. The first-order valence-corrected chi connectivity index (χ1v) is 8.99. The van der Waals surface area contributed by atoms with Crippen molar-refractivity contribution in [2.75, 3.05) is 32.0 Å². The average molecular weight is 311 g/mol. The normalized spacial score (nSPS) is 27.8. The van der Waals surface area contributed by atoms with E-state index >= 15 is 0 Å². The highest BCUT2D eigenvalue weighted by molar-refractivity contribution is 7.89. The molecule has 0 amide bonds. The standard InChI is InChI=1S/C14H21N3O3S/c18-21(19,11-13-4-2-8-20-13)17-7-6-16-10-14(17)12-3-1-5-15-9-12/h1,3,5,9,13-14,16H,2,4,6-8,10-11H2. The Morgan fingerprint density at radius 1 is 1.48 bits per heavy atom. The SMILES string of the molecule is O=S(=O)(CC1CCCO1)N1CCNCC1c1cccnc1. The minimum atomic E-state index is -3.32. The Labute approximate surface area is 125 Å². The van der Waals surface area contributed by atoms with E-state index in [1.165, 1.54) is 0 Å². The lowest BCUT2D eigenvalue weighted by Gasteiger charge is -2.35.